The number of rotatable bonds is 5. The van der Waals surface area contributed by atoms with Crippen molar-refractivity contribution in [3.8, 4) is 11.5 Å². The van der Waals surface area contributed by atoms with Crippen LogP contribution in [0.2, 0.25) is 5.02 Å². The molecule has 164 valence electrons. The molecule has 1 unspecified atom stereocenters. The number of carbonyl (C=O) groups is 2. The summed E-state index contributed by atoms with van der Waals surface area (Å²) in [6, 6.07) is 14.1. The quantitative estimate of drug-likeness (QED) is 0.336. The van der Waals surface area contributed by atoms with E-state index in [4.69, 9.17) is 25.5 Å². The third-order valence-corrected chi connectivity index (χ3v) is 5.53. The predicted octanol–water partition coefficient (Wildman–Crippen LogP) is 4.88. The number of para-hydroxylation sites is 1. The first-order chi connectivity index (χ1) is 15.4. The first-order valence-electron chi connectivity index (χ1n) is 9.71. The lowest BCUT2D eigenvalue weighted by Gasteiger charge is -2.23. The molecule has 1 aromatic heterocycles. The molecule has 2 heterocycles. The minimum absolute atomic E-state index is 0.129. The molecule has 1 atom stereocenters. The van der Waals surface area contributed by atoms with E-state index < -0.39 is 23.5 Å². The zero-order valence-electron chi connectivity index (χ0n) is 17.6. The first kappa shape index (κ1) is 21.5. The van der Waals surface area contributed by atoms with Gasteiger partial charge in [0.1, 0.15) is 34.8 Å². The van der Waals surface area contributed by atoms with Crippen LogP contribution in [-0.4, -0.2) is 31.0 Å². The van der Waals surface area contributed by atoms with E-state index in [1.54, 1.807) is 49.4 Å². The summed E-state index contributed by atoms with van der Waals surface area (Å²) in [6.07, 6.45) is 0. The number of aliphatic hydroxyl groups excluding tert-OH is 1. The molecule has 1 aliphatic heterocycles. The number of ketones is 1. The van der Waals surface area contributed by atoms with Crippen molar-refractivity contribution in [2.45, 2.75) is 13.0 Å². The Kier molecular flexibility index (Phi) is 5.67. The van der Waals surface area contributed by atoms with Crippen molar-refractivity contribution in [1.82, 2.24) is 0 Å². The molecule has 2 aromatic carbocycles. The van der Waals surface area contributed by atoms with E-state index >= 15 is 0 Å². The number of carbonyl (C=O) groups excluding carboxylic acids is 2. The minimum atomic E-state index is -0.975. The van der Waals surface area contributed by atoms with Gasteiger partial charge in [0, 0.05) is 11.8 Å². The van der Waals surface area contributed by atoms with Gasteiger partial charge in [-0.15, -0.1) is 0 Å². The monoisotopic (exact) mass is 453 g/mol. The standard InChI is InChI=1S/C24H20ClNO6/c1-13-9-10-17(32-13)21-20(23(28)24(29)26(21)14-7-5-4-6-8-14)22(27)15-11-19(31-3)16(25)12-18(15)30-2/h4-12,21,27H,1-3H3/b22-20+. The highest BCUT2D eigenvalue weighted by Crippen LogP contribution is 2.45. The Morgan fingerprint density at radius 1 is 1.03 bits per heavy atom. The van der Waals surface area contributed by atoms with E-state index in [2.05, 4.69) is 0 Å². The van der Waals surface area contributed by atoms with E-state index in [9.17, 15) is 14.7 Å². The fraction of sp³-hybridized carbons (Fsp3) is 0.167. The van der Waals surface area contributed by atoms with Crippen LogP contribution in [0.15, 0.2) is 64.6 Å². The van der Waals surface area contributed by atoms with Crippen molar-refractivity contribution in [3.05, 3.63) is 82.3 Å². The van der Waals surface area contributed by atoms with Crippen molar-refractivity contribution in [3.63, 3.8) is 0 Å². The topological polar surface area (TPSA) is 89.2 Å². The van der Waals surface area contributed by atoms with E-state index in [1.807, 2.05) is 0 Å². The van der Waals surface area contributed by atoms with Crippen LogP contribution in [0.1, 0.15) is 23.1 Å². The summed E-state index contributed by atoms with van der Waals surface area (Å²) in [7, 11) is 2.84. The maximum atomic E-state index is 13.2. The highest BCUT2D eigenvalue weighted by atomic mass is 35.5. The van der Waals surface area contributed by atoms with Gasteiger partial charge in [0.25, 0.3) is 11.7 Å². The normalized spacial score (nSPS) is 17.6. The van der Waals surface area contributed by atoms with Gasteiger partial charge in [-0.1, -0.05) is 29.8 Å². The van der Waals surface area contributed by atoms with E-state index in [-0.39, 0.29) is 27.7 Å². The third kappa shape index (κ3) is 3.50. The molecule has 0 saturated carbocycles. The van der Waals surface area contributed by atoms with Gasteiger partial charge in [0.05, 0.1) is 30.4 Å². The highest BCUT2D eigenvalue weighted by molar-refractivity contribution is 6.51. The third-order valence-electron chi connectivity index (χ3n) is 5.24. The van der Waals surface area contributed by atoms with Gasteiger partial charge in [-0.25, -0.2) is 0 Å². The highest BCUT2D eigenvalue weighted by Gasteiger charge is 2.48. The molecular weight excluding hydrogens is 434 g/mol. The Labute approximate surface area is 189 Å². The summed E-state index contributed by atoms with van der Waals surface area (Å²) in [4.78, 5) is 27.6. The molecule has 0 aliphatic carbocycles. The van der Waals surface area contributed by atoms with E-state index in [0.29, 0.717) is 17.2 Å². The Hall–Kier alpha value is -3.71. The molecule has 32 heavy (non-hydrogen) atoms. The summed E-state index contributed by atoms with van der Waals surface area (Å²) in [6.45, 7) is 1.76. The molecule has 3 aromatic rings. The lowest BCUT2D eigenvalue weighted by atomic mass is 9.98. The van der Waals surface area contributed by atoms with Crippen LogP contribution < -0.4 is 14.4 Å². The maximum absolute atomic E-state index is 13.2. The van der Waals surface area contributed by atoms with Crippen molar-refractivity contribution in [2.24, 2.45) is 0 Å². The summed E-state index contributed by atoms with van der Waals surface area (Å²) in [5, 5.41) is 11.6. The van der Waals surface area contributed by atoms with Crippen molar-refractivity contribution < 1.29 is 28.6 Å². The van der Waals surface area contributed by atoms with Gasteiger partial charge in [0.2, 0.25) is 0 Å². The average molecular weight is 454 g/mol. The summed E-state index contributed by atoms with van der Waals surface area (Å²) in [5.41, 5.74) is 0.525. The number of Topliss-reactive ketones (excluding diaryl/α,β-unsaturated/α-hetero) is 1. The number of benzene rings is 2. The second-order valence-corrected chi connectivity index (χ2v) is 7.55. The molecule has 8 heteroatoms. The molecule has 1 fully saturated rings. The molecule has 0 spiro atoms. The van der Waals surface area contributed by atoms with E-state index in [0.717, 1.165) is 0 Å². The van der Waals surface area contributed by atoms with Crippen molar-refractivity contribution in [2.75, 3.05) is 19.1 Å². The average Bonchev–Trinajstić information content (AvgIpc) is 3.34. The molecule has 1 aliphatic rings. The van der Waals surface area contributed by atoms with E-state index in [1.165, 1.54) is 31.3 Å². The van der Waals surface area contributed by atoms with Gasteiger partial charge in [0.15, 0.2) is 0 Å². The number of halogens is 1. The van der Waals surface area contributed by atoms with Gasteiger partial charge >= 0.3 is 0 Å². The fourth-order valence-electron chi connectivity index (χ4n) is 3.75. The number of anilines is 1. The number of amides is 1. The van der Waals surface area contributed by atoms with Gasteiger partial charge in [-0.3, -0.25) is 14.5 Å². The van der Waals surface area contributed by atoms with Crippen molar-refractivity contribution in [1.29, 1.82) is 0 Å². The molecular formula is C24H20ClNO6. The van der Waals surface area contributed by atoms with Gasteiger partial charge in [-0.05, 0) is 37.3 Å². The molecule has 1 N–H and O–H groups in total. The van der Waals surface area contributed by atoms with Gasteiger partial charge in [-0.2, -0.15) is 0 Å². The van der Waals surface area contributed by atoms with Crippen molar-refractivity contribution >= 4 is 34.7 Å². The fourth-order valence-corrected chi connectivity index (χ4v) is 3.98. The Bertz CT molecular complexity index is 1230. The largest absolute Gasteiger partial charge is 0.507 e. The number of aliphatic hydroxyl groups is 1. The van der Waals surface area contributed by atoms with Gasteiger partial charge < -0.3 is 19.0 Å². The van der Waals surface area contributed by atoms with Crippen LogP contribution in [-0.2, 0) is 9.59 Å². The second-order valence-electron chi connectivity index (χ2n) is 7.14. The van der Waals surface area contributed by atoms with Crippen LogP contribution >= 0.6 is 11.6 Å². The number of aryl methyl sites for hydroxylation is 1. The molecule has 1 saturated heterocycles. The number of methoxy groups -OCH3 is 2. The van der Waals surface area contributed by atoms with Crippen LogP contribution in [0.4, 0.5) is 5.69 Å². The number of furan rings is 1. The lowest BCUT2D eigenvalue weighted by molar-refractivity contribution is -0.132. The summed E-state index contributed by atoms with van der Waals surface area (Å²) < 4.78 is 16.4. The minimum Gasteiger partial charge on any atom is -0.507 e. The van der Waals surface area contributed by atoms with Crippen LogP contribution in [0.3, 0.4) is 0 Å². The number of nitrogens with zero attached hydrogens (tertiary/aromatic N) is 1. The maximum Gasteiger partial charge on any atom is 0.300 e. The molecule has 7 nitrogen and oxygen atoms in total. The van der Waals surface area contributed by atoms with Crippen LogP contribution in [0, 0.1) is 6.92 Å². The smallest absolute Gasteiger partial charge is 0.300 e. The zero-order valence-corrected chi connectivity index (χ0v) is 18.3. The van der Waals surface area contributed by atoms with Crippen LogP contribution in [0.5, 0.6) is 11.5 Å². The first-order valence-corrected chi connectivity index (χ1v) is 10.1. The Morgan fingerprint density at radius 2 is 1.72 bits per heavy atom. The zero-order chi connectivity index (χ0) is 23.0. The number of hydrogen-bond donors (Lipinski definition) is 1. The molecule has 0 radical (unpaired) electrons. The second kappa shape index (κ2) is 8.43. The summed E-state index contributed by atoms with van der Waals surface area (Å²) in [5.74, 6) is -0.618. The molecule has 1 amide bonds. The Balaban J connectivity index is 1.98. The number of hydrogen-bond acceptors (Lipinski definition) is 6. The molecule has 0 bridgehead atoms. The Morgan fingerprint density at radius 3 is 2.31 bits per heavy atom. The lowest BCUT2D eigenvalue weighted by Crippen LogP contribution is -2.29. The van der Waals surface area contributed by atoms with Crippen LogP contribution in [0.25, 0.3) is 5.76 Å². The SMILES string of the molecule is COc1cc(/C(O)=C2\C(=O)C(=O)N(c3ccccc3)C2c2ccc(C)o2)c(OC)cc1Cl. The molecule has 4 rings (SSSR count). The summed E-state index contributed by atoms with van der Waals surface area (Å²) >= 11 is 6.18. The number of ether oxygens (including phenoxy) is 2. The predicted molar refractivity (Wildman–Crippen MR) is 119 cm³/mol.